The highest BCUT2D eigenvalue weighted by Gasteiger charge is 2.46. The third kappa shape index (κ3) is 3.09. The first kappa shape index (κ1) is 14.8. The number of sulfone groups is 1. The molecular weight excluding hydrogens is 291 g/mol. The molecule has 0 aliphatic heterocycles. The Bertz CT molecular complexity index is 588. The van der Waals surface area contributed by atoms with Gasteiger partial charge in [-0.05, 0) is 37.0 Å². The van der Waals surface area contributed by atoms with Crippen LogP contribution in [0.15, 0.2) is 18.2 Å². The summed E-state index contributed by atoms with van der Waals surface area (Å²) in [5.74, 6) is -0.452. The van der Waals surface area contributed by atoms with Crippen LogP contribution in [0.5, 0.6) is 0 Å². The second-order valence-electron chi connectivity index (χ2n) is 5.23. The first-order valence-electron chi connectivity index (χ1n) is 6.07. The number of aliphatic hydroxyl groups is 1. The zero-order valence-electron chi connectivity index (χ0n) is 10.6. The largest absolute Gasteiger partial charge is 0.388 e. The van der Waals surface area contributed by atoms with E-state index in [2.05, 4.69) is 0 Å². The molecule has 0 heterocycles. The highest BCUT2D eigenvalue weighted by Crippen LogP contribution is 2.38. The normalized spacial score (nSPS) is 27.7. The van der Waals surface area contributed by atoms with Gasteiger partial charge in [0.25, 0.3) is 0 Å². The van der Waals surface area contributed by atoms with Crippen molar-refractivity contribution in [2.24, 2.45) is 0 Å². The van der Waals surface area contributed by atoms with Gasteiger partial charge < -0.3 is 5.11 Å². The predicted molar refractivity (Wildman–Crippen MR) is 72.5 cm³/mol. The van der Waals surface area contributed by atoms with Gasteiger partial charge >= 0.3 is 0 Å². The van der Waals surface area contributed by atoms with Crippen molar-refractivity contribution >= 4 is 21.4 Å². The molecule has 19 heavy (non-hydrogen) atoms. The van der Waals surface area contributed by atoms with Gasteiger partial charge in [0.05, 0.1) is 10.9 Å². The molecule has 1 fully saturated rings. The summed E-state index contributed by atoms with van der Waals surface area (Å²) in [5, 5.41) is 10.0. The zero-order valence-corrected chi connectivity index (χ0v) is 12.1. The van der Waals surface area contributed by atoms with Crippen LogP contribution in [0.25, 0.3) is 0 Å². The summed E-state index contributed by atoms with van der Waals surface area (Å²) in [6.07, 6.45) is 2.80. The molecule has 0 radical (unpaired) electrons. The van der Waals surface area contributed by atoms with Crippen molar-refractivity contribution in [1.82, 2.24) is 0 Å². The van der Waals surface area contributed by atoms with Crippen molar-refractivity contribution in [3.63, 3.8) is 0 Å². The average molecular weight is 307 g/mol. The van der Waals surface area contributed by atoms with Gasteiger partial charge in [-0.25, -0.2) is 12.8 Å². The van der Waals surface area contributed by atoms with E-state index >= 15 is 0 Å². The molecule has 1 aliphatic carbocycles. The Morgan fingerprint density at radius 1 is 1.53 bits per heavy atom. The standard InChI is InChI=1S/C13H16ClFO3S/c1-19(17,18)12-3-2-6-13(12,16)8-9-4-5-10(15)7-11(9)14/h4-5,7,12,16H,2-3,6,8H2,1H3. The lowest BCUT2D eigenvalue weighted by Crippen LogP contribution is -2.44. The maximum atomic E-state index is 13.0. The summed E-state index contributed by atoms with van der Waals surface area (Å²) in [6.45, 7) is 0. The first-order chi connectivity index (χ1) is 8.72. The number of benzene rings is 1. The zero-order chi connectivity index (χ0) is 14.3. The number of rotatable bonds is 3. The second kappa shape index (κ2) is 5.04. The quantitative estimate of drug-likeness (QED) is 0.932. The number of hydrogen-bond donors (Lipinski definition) is 1. The van der Waals surface area contributed by atoms with Crippen molar-refractivity contribution in [2.45, 2.75) is 36.5 Å². The van der Waals surface area contributed by atoms with E-state index < -0.39 is 26.5 Å². The molecule has 1 saturated carbocycles. The van der Waals surface area contributed by atoms with Crippen LogP contribution in [0, 0.1) is 5.82 Å². The number of halogens is 2. The molecule has 0 bridgehead atoms. The van der Waals surface area contributed by atoms with Gasteiger partial charge in [0.15, 0.2) is 9.84 Å². The van der Waals surface area contributed by atoms with E-state index in [1.54, 1.807) is 0 Å². The summed E-state index contributed by atoms with van der Waals surface area (Å²) in [6, 6.07) is 3.92. The maximum absolute atomic E-state index is 13.0. The molecule has 3 nitrogen and oxygen atoms in total. The van der Waals surface area contributed by atoms with Gasteiger partial charge in [0.2, 0.25) is 0 Å². The molecular formula is C13H16ClFO3S. The molecule has 1 N–H and O–H groups in total. The molecule has 2 atom stereocenters. The van der Waals surface area contributed by atoms with Gasteiger partial charge in [-0.3, -0.25) is 0 Å². The van der Waals surface area contributed by atoms with Gasteiger partial charge in [-0.15, -0.1) is 0 Å². The minimum absolute atomic E-state index is 0.129. The average Bonchev–Trinajstić information content (AvgIpc) is 2.64. The van der Waals surface area contributed by atoms with Crippen LogP contribution in [0.2, 0.25) is 5.02 Å². The Balaban J connectivity index is 2.30. The van der Waals surface area contributed by atoms with Crippen molar-refractivity contribution in [3.05, 3.63) is 34.6 Å². The van der Waals surface area contributed by atoms with E-state index in [0.29, 0.717) is 24.8 Å². The Morgan fingerprint density at radius 3 is 2.79 bits per heavy atom. The van der Waals surface area contributed by atoms with E-state index in [0.717, 1.165) is 6.26 Å². The van der Waals surface area contributed by atoms with E-state index in [9.17, 15) is 17.9 Å². The molecule has 2 rings (SSSR count). The molecule has 1 aromatic rings. The van der Waals surface area contributed by atoms with Crippen LogP contribution in [-0.2, 0) is 16.3 Å². The molecule has 6 heteroatoms. The highest BCUT2D eigenvalue weighted by molar-refractivity contribution is 7.91. The molecule has 0 amide bonds. The predicted octanol–water partition coefficient (Wildman–Crippen LogP) is 2.35. The van der Waals surface area contributed by atoms with Crippen molar-refractivity contribution in [1.29, 1.82) is 0 Å². The fourth-order valence-electron chi connectivity index (χ4n) is 2.83. The molecule has 2 unspecified atom stereocenters. The van der Waals surface area contributed by atoms with Crippen molar-refractivity contribution < 1.29 is 17.9 Å². The molecule has 1 aliphatic rings. The van der Waals surface area contributed by atoms with E-state index in [-0.39, 0.29) is 11.4 Å². The van der Waals surface area contributed by atoms with Gasteiger partial charge in [-0.2, -0.15) is 0 Å². The summed E-state index contributed by atoms with van der Waals surface area (Å²) in [7, 11) is -3.32. The molecule has 1 aromatic carbocycles. The third-order valence-electron chi connectivity index (χ3n) is 3.70. The molecule has 0 saturated heterocycles. The second-order valence-corrected chi connectivity index (χ2v) is 7.86. The van der Waals surface area contributed by atoms with Crippen LogP contribution in [0.1, 0.15) is 24.8 Å². The van der Waals surface area contributed by atoms with Crippen LogP contribution < -0.4 is 0 Å². The van der Waals surface area contributed by atoms with Crippen LogP contribution in [0.4, 0.5) is 4.39 Å². The lowest BCUT2D eigenvalue weighted by Gasteiger charge is -2.29. The van der Waals surface area contributed by atoms with Gasteiger partial charge in [-0.1, -0.05) is 17.7 Å². The highest BCUT2D eigenvalue weighted by atomic mass is 35.5. The van der Waals surface area contributed by atoms with E-state index in [1.165, 1.54) is 18.2 Å². The summed E-state index contributed by atoms with van der Waals surface area (Å²) < 4.78 is 36.4. The summed E-state index contributed by atoms with van der Waals surface area (Å²) >= 11 is 5.93. The Kier molecular flexibility index (Phi) is 3.91. The van der Waals surface area contributed by atoms with Crippen molar-refractivity contribution in [2.75, 3.05) is 6.26 Å². The fraction of sp³-hybridized carbons (Fsp3) is 0.538. The summed E-state index contributed by atoms with van der Waals surface area (Å²) in [5.41, 5.74) is -0.740. The van der Waals surface area contributed by atoms with E-state index in [4.69, 9.17) is 11.6 Å². The molecule has 0 spiro atoms. The first-order valence-corrected chi connectivity index (χ1v) is 8.41. The number of hydrogen-bond acceptors (Lipinski definition) is 3. The Morgan fingerprint density at radius 2 is 2.21 bits per heavy atom. The summed E-state index contributed by atoms with van der Waals surface area (Å²) in [4.78, 5) is 0. The van der Waals surface area contributed by atoms with Gasteiger partial charge in [0.1, 0.15) is 5.82 Å². The minimum Gasteiger partial charge on any atom is -0.388 e. The topological polar surface area (TPSA) is 54.4 Å². The van der Waals surface area contributed by atoms with Crippen molar-refractivity contribution in [3.8, 4) is 0 Å². The third-order valence-corrected chi connectivity index (χ3v) is 5.76. The monoisotopic (exact) mass is 306 g/mol. The van der Waals surface area contributed by atoms with Crippen LogP contribution >= 0.6 is 11.6 Å². The smallest absolute Gasteiger partial charge is 0.153 e. The minimum atomic E-state index is -3.32. The maximum Gasteiger partial charge on any atom is 0.153 e. The van der Waals surface area contributed by atoms with Crippen LogP contribution in [-0.4, -0.2) is 30.6 Å². The Hall–Kier alpha value is -0.650. The molecule has 0 aromatic heterocycles. The Labute approximate surface area is 117 Å². The fourth-order valence-corrected chi connectivity index (χ4v) is 4.66. The molecule has 106 valence electrons. The lowest BCUT2D eigenvalue weighted by atomic mass is 9.92. The van der Waals surface area contributed by atoms with Gasteiger partial charge in [0, 0.05) is 17.7 Å². The lowest BCUT2D eigenvalue weighted by molar-refractivity contribution is 0.0513. The SMILES string of the molecule is CS(=O)(=O)C1CCCC1(O)Cc1ccc(F)cc1Cl. The van der Waals surface area contributed by atoms with Crippen LogP contribution in [0.3, 0.4) is 0 Å². The van der Waals surface area contributed by atoms with E-state index in [1.807, 2.05) is 0 Å².